The summed E-state index contributed by atoms with van der Waals surface area (Å²) in [5, 5.41) is 17.4. The van der Waals surface area contributed by atoms with Crippen molar-refractivity contribution in [2.75, 3.05) is 33.6 Å². The van der Waals surface area contributed by atoms with Gasteiger partial charge in [0.1, 0.15) is 0 Å². The lowest BCUT2D eigenvalue weighted by Gasteiger charge is -2.20. The third-order valence-electron chi connectivity index (χ3n) is 2.96. The fourth-order valence-corrected chi connectivity index (χ4v) is 3.73. The predicted octanol–water partition coefficient (Wildman–Crippen LogP) is 0.478. The zero-order valence-corrected chi connectivity index (χ0v) is 15.4. The van der Waals surface area contributed by atoms with Gasteiger partial charge < -0.3 is 23.6 Å². The number of carbonyl (C=O) groups is 2. The highest BCUT2D eigenvalue weighted by Crippen LogP contribution is 2.48. The fraction of sp³-hybridized carbons (Fsp3) is 0.692. The number of hydrogen-bond donors (Lipinski definition) is 1. The minimum Gasteiger partial charge on any atom is -0.464 e. The van der Waals surface area contributed by atoms with Crippen molar-refractivity contribution in [3.63, 3.8) is 0 Å². The SMILES string of the molecule is CCOP(=O)(CC(O)Cn1nnc(C(=O)OC)c1C(=O)OC)OCC. The molecule has 0 saturated heterocycles. The molecule has 0 aliphatic carbocycles. The third kappa shape index (κ3) is 5.60. The highest BCUT2D eigenvalue weighted by atomic mass is 31.2. The molecule has 0 aliphatic rings. The topological polar surface area (TPSA) is 139 Å². The minimum absolute atomic E-state index is 0.146. The van der Waals surface area contributed by atoms with E-state index in [4.69, 9.17) is 9.05 Å². The Labute approximate surface area is 144 Å². The molecule has 0 aromatic carbocycles. The van der Waals surface area contributed by atoms with Crippen molar-refractivity contribution in [2.24, 2.45) is 0 Å². The van der Waals surface area contributed by atoms with E-state index in [1.807, 2.05) is 0 Å². The van der Waals surface area contributed by atoms with E-state index in [2.05, 4.69) is 19.8 Å². The molecule has 0 bridgehead atoms. The Morgan fingerprint density at radius 3 is 2.20 bits per heavy atom. The van der Waals surface area contributed by atoms with Crippen LogP contribution < -0.4 is 0 Å². The predicted molar refractivity (Wildman–Crippen MR) is 84.4 cm³/mol. The molecule has 0 amide bonds. The minimum atomic E-state index is -3.50. The van der Waals surface area contributed by atoms with Crippen LogP contribution in [-0.4, -0.2) is 71.7 Å². The van der Waals surface area contributed by atoms with E-state index in [-0.39, 0.29) is 37.3 Å². The van der Waals surface area contributed by atoms with Crippen LogP contribution >= 0.6 is 7.60 Å². The molecule has 1 aromatic rings. The Bertz CT molecular complexity index is 637. The number of ether oxygens (including phenoxy) is 2. The first-order valence-electron chi connectivity index (χ1n) is 7.48. The summed E-state index contributed by atoms with van der Waals surface area (Å²) in [6.45, 7) is 3.31. The van der Waals surface area contributed by atoms with E-state index in [9.17, 15) is 19.3 Å². The first kappa shape index (κ1) is 21.2. The van der Waals surface area contributed by atoms with Gasteiger partial charge in [-0.15, -0.1) is 5.10 Å². The van der Waals surface area contributed by atoms with Gasteiger partial charge in [-0.05, 0) is 13.8 Å². The average molecular weight is 379 g/mol. The average Bonchev–Trinajstić information content (AvgIpc) is 2.96. The first-order valence-corrected chi connectivity index (χ1v) is 9.20. The van der Waals surface area contributed by atoms with Crippen LogP contribution in [0.5, 0.6) is 0 Å². The zero-order chi connectivity index (χ0) is 19.0. The Kier molecular flexibility index (Phi) is 8.17. The molecular formula is C13H22N3O8P. The smallest absolute Gasteiger partial charge is 0.361 e. The van der Waals surface area contributed by atoms with Crippen molar-refractivity contribution in [3.8, 4) is 0 Å². The van der Waals surface area contributed by atoms with Crippen LogP contribution in [0.3, 0.4) is 0 Å². The summed E-state index contributed by atoms with van der Waals surface area (Å²) >= 11 is 0. The maximum absolute atomic E-state index is 12.4. The van der Waals surface area contributed by atoms with E-state index in [1.54, 1.807) is 13.8 Å². The second kappa shape index (κ2) is 9.62. The molecule has 142 valence electrons. The molecular weight excluding hydrogens is 357 g/mol. The van der Waals surface area contributed by atoms with Gasteiger partial charge in [0.2, 0.25) is 5.69 Å². The molecule has 1 unspecified atom stereocenters. The summed E-state index contributed by atoms with van der Waals surface area (Å²) in [5.41, 5.74) is -0.629. The van der Waals surface area contributed by atoms with Crippen molar-refractivity contribution in [1.29, 1.82) is 0 Å². The van der Waals surface area contributed by atoms with E-state index in [1.165, 1.54) is 0 Å². The lowest BCUT2D eigenvalue weighted by atomic mass is 10.3. The molecule has 25 heavy (non-hydrogen) atoms. The maximum atomic E-state index is 12.4. The Morgan fingerprint density at radius 2 is 1.72 bits per heavy atom. The van der Waals surface area contributed by atoms with Crippen molar-refractivity contribution in [1.82, 2.24) is 15.0 Å². The molecule has 1 heterocycles. The molecule has 0 saturated carbocycles. The van der Waals surface area contributed by atoms with Crippen molar-refractivity contribution in [3.05, 3.63) is 11.4 Å². The second-order valence-electron chi connectivity index (χ2n) is 4.73. The molecule has 1 aromatic heterocycles. The summed E-state index contributed by atoms with van der Waals surface area (Å²) in [6.07, 6.45) is -1.55. The van der Waals surface area contributed by atoms with Crippen molar-refractivity contribution in [2.45, 2.75) is 26.5 Å². The highest BCUT2D eigenvalue weighted by Gasteiger charge is 2.31. The van der Waals surface area contributed by atoms with Crippen LogP contribution in [0.25, 0.3) is 0 Å². The van der Waals surface area contributed by atoms with Crippen LogP contribution in [-0.2, 0) is 29.6 Å². The monoisotopic (exact) mass is 379 g/mol. The zero-order valence-electron chi connectivity index (χ0n) is 14.5. The summed E-state index contributed by atoms with van der Waals surface area (Å²) in [4.78, 5) is 23.6. The molecule has 0 fully saturated rings. The number of aliphatic hydroxyl groups excluding tert-OH is 1. The molecule has 1 atom stereocenters. The summed E-state index contributed by atoms with van der Waals surface area (Å²) in [5.74, 6) is -1.76. The first-order chi connectivity index (χ1) is 11.8. The highest BCUT2D eigenvalue weighted by molar-refractivity contribution is 7.53. The molecule has 0 spiro atoms. The molecule has 1 N–H and O–H groups in total. The van der Waals surface area contributed by atoms with Gasteiger partial charge in [-0.25, -0.2) is 14.3 Å². The Balaban J connectivity index is 3.02. The van der Waals surface area contributed by atoms with E-state index >= 15 is 0 Å². The fourth-order valence-electron chi connectivity index (χ4n) is 2.03. The van der Waals surface area contributed by atoms with Crippen LogP contribution in [0.2, 0.25) is 0 Å². The van der Waals surface area contributed by atoms with Crippen LogP contribution in [0.1, 0.15) is 34.8 Å². The second-order valence-corrected chi connectivity index (χ2v) is 6.84. The van der Waals surface area contributed by atoms with Gasteiger partial charge >= 0.3 is 19.5 Å². The molecule has 1 rings (SSSR count). The van der Waals surface area contributed by atoms with Gasteiger partial charge in [-0.3, -0.25) is 4.57 Å². The standard InChI is InChI=1S/C13H22N3O8P/c1-5-23-25(20,24-6-2)8-9(17)7-16-11(13(19)22-4)10(14-15-16)12(18)21-3/h9,17H,5-8H2,1-4H3. The van der Waals surface area contributed by atoms with Crippen molar-refractivity contribution < 1.29 is 37.8 Å². The van der Waals surface area contributed by atoms with E-state index < -0.39 is 25.6 Å². The van der Waals surface area contributed by atoms with E-state index in [0.29, 0.717) is 0 Å². The van der Waals surface area contributed by atoms with Crippen molar-refractivity contribution >= 4 is 19.5 Å². The summed E-state index contributed by atoms with van der Waals surface area (Å²) in [6, 6.07) is 0. The normalized spacial score (nSPS) is 12.7. The number of nitrogens with zero attached hydrogens (tertiary/aromatic N) is 3. The maximum Gasteiger partial charge on any atom is 0.361 e. The van der Waals surface area contributed by atoms with Crippen LogP contribution in [0, 0.1) is 0 Å². The number of aromatic nitrogens is 3. The van der Waals surface area contributed by atoms with Gasteiger partial charge in [0.25, 0.3) is 0 Å². The third-order valence-corrected chi connectivity index (χ3v) is 5.13. The molecule has 0 radical (unpaired) electrons. The van der Waals surface area contributed by atoms with Gasteiger partial charge in [0.05, 0.1) is 46.2 Å². The quantitative estimate of drug-likeness (QED) is 0.451. The lowest BCUT2D eigenvalue weighted by molar-refractivity contribution is 0.0539. The Hall–Kier alpha value is -1.81. The van der Waals surface area contributed by atoms with Gasteiger partial charge in [-0.1, -0.05) is 5.21 Å². The number of carbonyl (C=O) groups excluding carboxylic acids is 2. The van der Waals surface area contributed by atoms with Gasteiger partial charge in [0, 0.05) is 0 Å². The van der Waals surface area contributed by atoms with Gasteiger partial charge in [-0.2, -0.15) is 0 Å². The largest absolute Gasteiger partial charge is 0.464 e. The Morgan fingerprint density at radius 1 is 1.16 bits per heavy atom. The van der Waals surface area contributed by atoms with Crippen LogP contribution in [0.4, 0.5) is 0 Å². The van der Waals surface area contributed by atoms with E-state index in [0.717, 1.165) is 18.9 Å². The number of aliphatic hydroxyl groups is 1. The van der Waals surface area contributed by atoms with Gasteiger partial charge in [0.15, 0.2) is 5.69 Å². The number of methoxy groups -OCH3 is 2. The molecule has 11 nitrogen and oxygen atoms in total. The van der Waals surface area contributed by atoms with Crippen LogP contribution in [0.15, 0.2) is 0 Å². The summed E-state index contributed by atoms with van der Waals surface area (Å²) < 4.78 is 32.7. The number of esters is 2. The number of hydrogen-bond acceptors (Lipinski definition) is 10. The summed E-state index contributed by atoms with van der Waals surface area (Å²) in [7, 11) is -1.25. The lowest BCUT2D eigenvalue weighted by Crippen LogP contribution is -2.25. The molecule has 12 heteroatoms. The number of rotatable bonds is 10. The molecule has 0 aliphatic heterocycles.